The van der Waals surface area contributed by atoms with E-state index in [4.69, 9.17) is 4.89 Å². The maximum Gasteiger partial charge on any atom is 0.318 e. The summed E-state index contributed by atoms with van der Waals surface area (Å²) in [6, 6.07) is 1.43. The molecule has 1 atom stereocenters. The molecule has 6 nitrogen and oxygen atoms in total. The first kappa shape index (κ1) is 13.8. The topological polar surface area (TPSA) is 89.9 Å². The van der Waals surface area contributed by atoms with E-state index in [2.05, 4.69) is 8.71 Å². The molecule has 1 aromatic heterocycles. The highest BCUT2D eigenvalue weighted by Gasteiger charge is 2.20. The van der Waals surface area contributed by atoms with Crippen molar-refractivity contribution < 1.29 is 26.6 Å². The Kier molecular flexibility index (Phi) is 5.10. The van der Waals surface area contributed by atoms with Crippen molar-refractivity contribution in [2.24, 2.45) is 0 Å². The van der Waals surface area contributed by atoms with Gasteiger partial charge in [-0.25, -0.2) is 4.18 Å². The van der Waals surface area contributed by atoms with Crippen LogP contribution in [0.4, 0.5) is 0 Å². The second-order valence-electron chi connectivity index (χ2n) is 2.66. The number of thiophene rings is 1. The summed E-state index contributed by atoms with van der Waals surface area (Å²) in [5.74, 6) is 0. The molecule has 1 rings (SSSR count). The minimum atomic E-state index is -3.90. The van der Waals surface area contributed by atoms with Gasteiger partial charge in [-0.2, -0.15) is 8.42 Å². The lowest BCUT2D eigenvalue weighted by atomic mass is 10.4. The van der Waals surface area contributed by atoms with E-state index in [1.54, 1.807) is 5.38 Å². The van der Waals surface area contributed by atoms with E-state index in [1.807, 2.05) is 6.92 Å². The van der Waals surface area contributed by atoms with Crippen LogP contribution < -0.4 is 0 Å². The zero-order valence-corrected chi connectivity index (χ0v) is 11.0. The van der Waals surface area contributed by atoms with Gasteiger partial charge < -0.3 is 4.89 Å². The molecule has 1 aromatic rings. The lowest BCUT2D eigenvalue weighted by molar-refractivity contribution is 0.121. The van der Waals surface area contributed by atoms with Crippen molar-refractivity contribution in [3.63, 3.8) is 0 Å². The fraction of sp³-hybridized carbons (Fsp3) is 0.429. The van der Waals surface area contributed by atoms with Crippen molar-refractivity contribution in [2.75, 3.05) is 6.79 Å². The highest BCUT2D eigenvalue weighted by molar-refractivity contribution is 7.87. The molecule has 0 aliphatic heterocycles. The van der Waals surface area contributed by atoms with Gasteiger partial charge in [0.05, 0.1) is 0 Å². The van der Waals surface area contributed by atoms with E-state index in [9.17, 15) is 13.0 Å². The molecule has 0 aliphatic carbocycles. The van der Waals surface area contributed by atoms with Crippen LogP contribution in [0, 0.1) is 0 Å². The molecule has 0 aliphatic rings. The van der Waals surface area contributed by atoms with Crippen molar-refractivity contribution in [3.05, 3.63) is 16.3 Å². The van der Waals surface area contributed by atoms with Crippen LogP contribution in [-0.2, 0) is 29.8 Å². The molecule has 16 heavy (non-hydrogen) atoms. The molecule has 9 heteroatoms. The van der Waals surface area contributed by atoms with Gasteiger partial charge in [0.15, 0.2) is 6.79 Å². The summed E-state index contributed by atoms with van der Waals surface area (Å²) in [4.78, 5) is 9.09. The van der Waals surface area contributed by atoms with Crippen molar-refractivity contribution in [3.8, 4) is 0 Å². The van der Waals surface area contributed by atoms with Gasteiger partial charge in [-0.15, -0.1) is 11.3 Å². The molecule has 1 unspecified atom stereocenters. The summed E-state index contributed by atoms with van der Waals surface area (Å²) in [6.45, 7) is 1.07. The zero-order chi connectivity index (χ0) is 12.2. The summed E-state index contributed by atoms with van der Waals surface area (Å²) >= 11 is 1.31. The van der Waals surface area contributed by atoms with Crippen LogP contribution in [0.5, 0.6) is 0 Å². The lowest BCUT2D eigenvalue weighted by Gasteiger charge is -2.04. The largest absolute Gasteiger partial charge is 0.326 e. The molecule has 1 heterocycles. The van der Waals surface area contributed by atoms with Gasteiger partial charge in [0.2, 0.25) is 0 Å². The molecular weight excluding hydrogens is 275 g/mol. The Bertz CT molecular complexity index is 465. The molecule has 0 saturated heterocycles. The summed E-state index contributed by atoms with van der Waals surface area (Å²) in [5, 5.41) is 1.64. The summed E-state index contributed by atoms with van der Waals surface area (Å²) in [6.07, 6.45) is 0.576. The third kappa shape index (κ3) is 3.65. The molecule has 0 amide bonds. The predicted molar refractivity (Wildman–Crippen MR) is 59.1 cm³/mol. The Hall–Kier alpha value is -0.240. The highest BCUT2D eigenvalue weighted by atomic mass is 32.2. The molecule has 92 valence electrons. The van der Waals surface area contributed by atoms with Crippen LogP contribution in [-0.4, -0.2) is 20.1 Å². The van der Waals surface area contributed by atoms with Gasteiger partial charge >= 0.3 is 8.25 Å². The molecule has 1 N–H and O–H groups in total. The monoisotopic (exact) mass is 286 g/mol. The smallest absolute Gasteiger partial charge is 0.318 e. The molecule has 0 spiro atoms. The van der Waals surface area contributed by atoms with Gasteiger partial charge in [-0.1, -0.05) is 6.92 Å². The molecule has 0 radical (unpaired) electrons. The van der Waals surface area contributed by atoms with Crippen LogP contribution in [0.1, 0.15) is 11.8 Å². The van der Waals surface area contributed by atoms with E-state index in [-0.39, 0.29) is 4.90 Å². The zero-order valence-electron chi connectivity index (χ0n) is 8.37. The first-order chi connectivity index (χ1) is 7.47. The van der Waals surface area contributed by atoms with Crippen molar-refractivity contribution in [2.45, 2.75) is 18.2 Å². The fourth-order valence-corrected chi connectivity index (χ4v) is 3.47. The van der Waals surface area contributed by atoms with Crippen molar-refractivity contribution in [1.82, 2.24) is 0 Å². The normalized spacial score (nSPS) is 13.9. The highest BCUT2D eigenvalue weighted by Crippen LogP contribution is 2.24. The third-order valence-electron chi connectivity index (χ3n) is 1.68. The van der Waals surface area contributed by atoms with Crippen LogP contribution in [0.25, 0.3) is 0 Å². The quantitative estimate of drug-likeness (QED) is 0.482. The Labute approximate surface area is 97.9 Å². The molecule has 0 aromatic carbocycles. The van der Waals surface area contributed by atoms with Crippen LogP contribution in [0.3, 0.4) is 0 Å². The van der Waals surface area contributed by atoms with E-state index < -0.39 is 25.2 Å². The minimum Gasteiger partial charge on any atom is -0.326 e. The number of rotatable bonds is 6. The SMILES string of the molecule is CCc1sccc1S(=O)(=O)OCO[PH](=O)O. The number of hydrogen-bond donors (Lipinski definition) is 1. The number of aryl methyl sites for hydroxylation is 1. The summed E-state index contributed by atoms with van der Waals surface area (Å²) in [7, 11) is -7.08. The predicted octanol–water partition coefficient (Wildman–Crippen LogP) is 1.37. The lowest BCUT2D eigenvalue weighted by Crippen LogP contribution is -2.08. The molecule has 0 fully saturated rings. The van der Waals surface area contributed by atoms with E-state index in [0.717, 1.165) is 0 Å². The summed E-state index contributed by atoms with van der Waals surface area (Å²) in [5.41, 5.74) is 0. The van der Waals surface area contributed by atoms with Crippen LogP contribution in [0.2, 0.25) is 0 Å². The minimum absolute atomic E-state index is 0.0845. The first-order valence-corrected chi connectivity index (χ1v) is 7.84. The molecular formula is C7H11O6PS2. The Morgan fingerprint density at radius 1 is 1.56 bits per heavy atom. The Morgan fingerprint density at radius 3 is 2.81 bits per heavy atom. The average molecular weight is 286 g/mol. The van der Waals surface area contributed by atoms with E-state index >= 15 is 0 Å². The van der Waals surface area contributed by atoms with Crippen LogP contribution >= 0.6 is 19.6 Å². The third-order valence-corrected chi connectivity index (χ3v) is 4.57. The van der Waals surface area contributed by atoms with E-state index in [1.165, 1.54) is 17.4 Å². The van der Waals surface area contributed by atoms with Crippen molar-refractivity contribution >= 4 is 29.7 Å². The first-order valence-electron chi connectivity index (χ1n) is 4.29. The second kappa shape index (κ2) is 5.90. The number of hydrogen-bond acceptors (Lipinski definition) is 6. The Balaban J connectivity index is 2.74. The molecule has 0 saturated carbocycles. The van der Waals surface area contributed by atoms with Gasteiger partial charge in [0.1, 0.15) is 4.90 Å². The average Bonchev–Trinajstić information content (AvgIpc) is 2.64. The van der Waals surface area contributed by atoms with Gasteiger partial charge in [0.25, 0.3) is 10.1 Å². The van der Waals surface area contributed by atoms with Gasteiger partial charge in [-0.3, -0.25) is 9.09 Å². The molecule has 0 bridgehead atoms. The Morgan fingerprint density at radius 2 is 2.25 bits per heavy atom. The maximum absolute atomic E-state index is 11.6. The van der Waals surface area contributed by atoms with Gasteiger partial charge in [0, 0.05) is 4.88 Å². The standard InChI is InChI=1S/C7H11O6PS2/c1-2-6-7(3-4-15-6)16(10,11)13-5-12-14(8)9/h3-4,14H,2,5H2,1H3,(H,8,9). The van der Waals surface area contributed by atoms with Gasteiger partial charge in [-0.05, 0) is 17.9 Å². The van der Waals surface area contributed by atoms with E-state index in [0.29, 0.717) is 11.3 Å². The fourth-order valence-electron chi connectivity index (χ4n) is 1.01. The van der Waals surface area contributed by atoms with Crippen LogP contribution in [0.15, 0.2) is 16.3 Å². The summed E-state index contributed by atoms with van der Waals surface area (Å²) < 4.78 is 42.0. The maximum atomic E-state index is 11.6. The second-order valence-corrected chi connectivity index (χ2v) is 6.07. The van der Waals surface area contributed by atoms with Crippen molar-refractivity contribution in [1.29, 1.82) is 0 Å².